The number of ketones is 1. The number of hydrogen-bond acceptors (Lipinski definition) is 3. The molecule has 1 aromatic carbocycles. The maximum Gasteiger partial charge on any atom is 0.377 e. The van der Waals surface area contributed by atoms with Gasteiger partial charge in [0.05, 0.1) is 12.7 Å². The number of rotatable bonds is 3. The molecule has 2 aromatic rings. The minimum Gasteiger partial charge on any atom is -0.497 e. The first-order valence-electron chi connectivity index (χ1n) is 4.95. The molecule has 0 bridgehead atoms. The highest BCUT2D eigenvalue weighted by atomic mass is 16.5. The van der Waals surface area contributed by atoms with Crippen molar-refractivity contribution in [2.75, 3.05) is 7.11 Å². The molecule has 0 saturated heterocycles. The second-order valence-electron chi connectivity index (χ2n) is 3.67. The number of carboxylic acid groups (broad SMARTS) is 1. The zero-order chi connectivity index (χ0) is 12.6. The van der Waals surface area contributed by atoms with E-state index in [-0.39, 0.29) is 5.56 Å². The molecule has 0 saturated carbocycles. The summed E-state index contributed by atoms with van der Waals surface area (Å²) < 4.78 is 6.77. The first kappa shape index (κ1) is 11.2. The van der Waals surface area contributed by atoms with Crippen LogP contribution >= 0.6 is 0 Å². The summed E-state index contributed by atoms with van der Waals surface area (Å²) in [7, 11) is 3.27. The van der Waals surface area contributed by atoms with Gasteiger partial charge in [-0.15, -0.1) is 0 Å². The lowest BCUT2D eigenvalue weighted by Gasteiger charge is -2.00. The van der Waals surface area contributed by atoms with Crippen LogP contribution in [-0.4, -0.2) is 28.5 Å². The minimum absolute atomic E-state index is 0.175. The van der Waals surface area contributed by atoms with E-state index in [2.05, 4.69) is 0 Å². The Labute approximate surface area is 97.2 Å². The van der Waals surface area contributed by atoms with Gasteiger partial charge in [0.25, 0.3) is 5.78 Å². The smallest absolute Gasteiger partial charge is 0.377 e. The van der Waals surface area contributed by atoms with Crippen LogP contribution in [0.5, 0.6) is 5.75 Å². The van der Waals surface area contributed by atoms with E-state index in [0.29, 0.717) is 11.1 Å². The molecule has 0 atom stereocenters. The summed E-state index contributed by atoms with van der Waals surface area (Å²) in [5.41, 5.74) is 0.962. The molecule has 0 spiro atoms. The first-order valence-corrected chi connectivity index (χ1v) is 4.95. The summed E-state index contributed by atoms with van der Waals surface area (Å²) in [6.45, 7) is 0. The highest BCUT2D eigenvalue weighted by Crippen LogP contribution is 2.25. The molecule has 0 unspecified atom stereocenters. The number of carbonyl (C=O) groups excluding carboxylic acids is 1. The molecule has 0 aliphatic carbocycles. The second kappa shape index (κ2) is 3.93. The Kier molecular flexibility index (Phi) is 2.59. The lowest BCUT2D eigenvalue weighted by Crippen LogP contribution is -2.12. The summed E-state index contributed by atoms with van der Waals surface area (Å²) in [5.74, 6) is -1.78. The molecule has 2 rings (SSSR count). The number of ether oxygens (including phenoxy) is 1. The monoisotopic (exact) mass is 233 g/mol. The van der Waals surface area contributed by atoms with Crippen molar-refractivity contribution in [2.24, 2.45) is 7.05 Å². The van der Waals surface area contributed by atoms with E-state index in [0.717, 1.165) is 5.52 Å². The molecular weight excluding hydrogens is 222 g/mol. The van der Waals surface area contributed by atoms with Crippen molar-refractivity contribution >= 4 is 22.7 Å². The molecule has 0 amide bonds. The molecule has 5 heteroatoms. The number of benzene rings is 1. The Bertz CT molecular complexity index is 612. The van der Waals surface area contributed by atoms with Crippen molar-refractivity contribution in [3.63, 3.8) is 0 Å². The number of carboxylic acids is 1. The van der Waals surface area contributed by atoms with E-state index >= 15 is 0 Å². The number of aliphatic carboxylic acids is 1. The summed E-state index contributed by atoms with van der Waals surface area (Å²) >= 11 is 0. The van der Waals surface area contributed by atoms with Gasteiger partial charge in [-0.3, -0.25) is 4.79 Å². The fraction of sp³-hybridized carbons (Fsp3) is 0.167. The molecular formula is C12H11NO4. The number of carbonyl (C=O) groups is 2. The van der Waals surface area contributed by atoms with Crippen molar-refractivity contribution in [2.45, 2.75) is 0 Å². The van der Waals surface area contributed by atoms with Crippen LogP contribution in [-0.2, 0) is 11.8 Å². The Morgan fingerprint density at radius 2 is 2.06 bits per heavy atom. The summed E-state index contributed by atoms with van der Waals surface area (Å²) in [6, 6.07) is 5.20. The maximum absolute atomic E-state index is 11.5. The Hall–Kier alpha value is -2.30. The van der Waals surface area contributed by atoms with Crippen LogP contribution in [0.3, 0.4) is 0 Å². The molecule has 88 valence electrons. The van der Waals surface area contributed by atoms with Gasteiger partial charge in [-0.05, 0) is 18.2 Å². The van der Waals surface area contributed by atoms with E-state index in [1.807, 2.05) is 0 Å². The third-order valence-corrected chi connectivity index (χ3v) is 2.64. The molecule has 0 fully saturated rings. The average molecular weight is 233 g/mol. The SMILES string of the molecule is COc1ccc2c(c1)c(C(=O)C(=O)O)cn2C. The Morgan fingerprint density at radius 3 is 2.65 bits per heavy atom. The van der Waals surface area contributed by atoms with Crippen LogP contribution in [0.2, 0.25) is 0 Å². The Balaban J connectivity index is 2.71. The van der Waals surface area contributed by atoms with Gasteiger partial charge in [0.1, 0.15) is 5.75 Å². The minimum atomic E-state index is -1.46. The first-order chi connectivity index (χ1) is 8.04. The maximum atomic E-state index is 11.5. The summed E-state index contributed by atoms with van der Waals surface area (Å²) in [6.07, 6.45) is 1.51. The van der Waals surface area contributed by atoms with Gasteiger partial charge in [0.2, 0.25) is 0 Å². The van der Waals surface area contributed by atoms with Gasteiger partial charge in [-0.1, -0.05) is 0 Å². The van der Waals surface area contributed by atoms with Gasteiger partial charge in [0.15, 0.2) is 0 Å². The van der Waals surface area contributed by atoms with Crippen molar-refractivity contribution in [1.82, 2.24) is 4.57 Å². The van der Waals surface area contributed by atoms with E-state index in [1.165, 1.54) is 13.3 Å². The number of hydrogen-bond donors (Lipinski definition) is 1. The van der Waals surface area contributed by atoms with Crippen LogP contribution in [0, 0.1) is 0 Å². The molecule has 0 aliphatic rings. The van der Waals surface area contributed by atoms with E-state index in [4.69, 9.17) is 9.84 Å². The largest absolute Gasteiger partial charge is 0.497 e. The topological polar surface area (TPSA) is 68.5 Å². The second-order valence-corrected chi connectivity index (χ2v) is 3.67. The predicted molar refractivity (Wildman–Crippen MR) is 61.4 cm³/mol. The number of aryl methyl sites for hydroxylation is 1. The normalized spacial score (nSPS) is 10.5. The number of methoxy groups -OCH3 is 1. The molecule has 0 aliphatic heterocycles. The number of fused-ring (bicyclic) bond motifs is 1. The quantitative estimate of drug-likeness (QED) is 0.643. The molecule has 1 aromatic heterocycles. The van der Waals surface area contributed by atoms with Crippen LogP contribution in [0.1, 0.15) is 10.4 Å². The molecule has 1 N–H and O–H groups in total. The lowest BCUT2D eigenvalue weighted by atomic mass is 10.1. The van der Waals surface area contributed by atoms with Crippen molar-refractivity contribution in [3.8, 4) is 5.75 Å². The van der Waals surface area contributed by atoms with Gasteiger partial charge in [-0.25, -0.2) is 4.79 Å². The number of aromatic nitrogens is 1. The van der Waals surface area contributed by atoms with Crippen LogP contribution in [0.25, 0.3) is 10.9 Å². The summed E-state index contributed by atoms with van der Waals surface area (Å²) in [5, 5.41) is 9.32. The number of nitrogens with zero attached hydrogens (tertiary/aromatic N) is 1. The molecule has 0 radical (unpaired) electrons. The zero-order valence-electron chi connectivity index (χ0n) is 9.43. The van der Waals surface area contributed by atoms with E-state index in [1.54, 1.807) is 29.8 Å². The number of Topliss-reactive ketones (excluding diaryl/α,β-unsaturated/α-hetero) is 1. The van der Waals surface area contributed by atoms with Gasteiger partial charge < -0.3 is 14.4 Å². The van der Waals surface area contributed by atoms with Crippen LogP contribution < -0.4 is 4.74 Å². The van der Waals surface area contributed by atoms with E-state index < -0.39 is 11.8 Å². The van der Waals surface area contributed by atoms with E-state index in [9.17, 15) is 9.59 Å². The van der Waals surface area contributed by atoms with Gasteiger partial charge in [0, 0.05) is 24.1 Å². The van der Waals surface area contributed by atoms with Gasteiger partial charge >= 0.3 is 5.97 Å². The highest BCUT2D eigenvalue weighted by molar-refractivity contribution is 6.42. The van der Waals surface area contributed by atoms with Crippen molar-refractivity contribution in [1.29, 1.82) is 0 Å². The fourth-order valence-electron chi connectivity index (χ4n) is 1.79. The lowest BCUT2D eigenvalue weighted by molar-refractivity contribution is -0.131. The predicted octanol–water partition coefficient (Wildman–Crippen LogP) is 1.45. The average Bonchev–Trinajstić information content (AvgIpc) is 2.65. The highest BCUT2D eigenvalue weighted by Gasteiger charge is 2.20. The van der Waals surface area contributed by atoms with Gasteiger partial charge in [-0.2, -0.15) is 0 Å². The zero-order valence-corrected chi connectivity index (χ0v) is 9.43. The standard InChI is InChI=1S/C12H11NO4/c1-13-6-9(11(14)12(15)16)8-5-7(17-2)3-4-10(8)13/h3-6H,1-2H3,(H,15,16). The Morgan fingerprint density at radius 1 is 1.35 bits per heavy atom. The molecule has 17 heavy (non-hydrogen) atoms. The van der Waals surface area contributed by atoms with Crippen LogP contribution in [0.15, 0.2) is 24.4 Å². The third kappa shape index (κ3) is 1.75. The molecule has 1 heterocycles. The third-order valence-electron chi connectivity index (χ3n) is 2.64. The molecule has 5 nitrogen and oxygen atoms in total. The van der Waals surface area contributed by atoms with Crippen LogP contribution in [0.4, 0.5) is 0 Å². The fourth-order valence-corrected chi connectivity index (χ4v) is 1.79. The van der Waals surface area contributed by atoms with Crippen molar-refractivity contribution < 1.29 is 19.4 Å². The summed E-state index contributed by atoms with van der Waals surface area (Å²) in [4.78, 5) is 22.2. The van der Waals surface area contributed by atoms with Crippen molar-refractivity contribution in [3.05, 3.63) is 30.0 Å².